The van der Waals surface area contributed by atoms with Gasteiger partial charge in [-0.25, -0.2) is 4.79 Å². The van der Waals surface area contributed by atoms with Gasteiger partial charge in [-0.1, -0.05) is 29.8 Å². The summed E-state index contributed by atoms with van der Waals surface area (Å²) in [6.45, 7) is 5.43. The number of benzene rings is 1. The van der Waals surface area contributed by atoms with Crippen LogP contribution in [-0.2, 0) is 10.3 Å². The van der Waals surface area contributed by atoms with E-state index in [2.05, 4.69) is 34.8 Å². The molecule has 0 atom stereocenters. The van der Waals surface area contributed by atoms with Crippen LogP contribution in [0.4, 0.5) is 0 Å². The largest absolute Gasteiger partial charge is 0.489 e. The summed E-state index contributed by atoms with van der Waals surface area (Å²) in [5.41, 5.74) is 0.535. The first-order chi connectivity index (χ1) is 9.46. The molecule has 1 aromatic carbocycles. The molecule has 1 aliphatic carbocycles. The zero-order valence-electron chi connectivity index (χ0n) is 11.5. The SMILES string of the molecule is CC1(C)COc2cc(Br)c(C3(N=C=O)CC3)cc2OC1. The fourth-order valence-corrected chi connectivity index (χ4v) is 3.04. The van der Waals surface area contributed by atoms with Crippen molar-refractivity contribution in [2.45, 2.75) is 32.2 Å². The van der Waals surface area contributed by atoms with E-state index in [0.29, 0.717) is 13.2 Å². The number of fused-ring (bicyclic) bond motifs is 1. The number of nitrogens with zero attached hydrogens (tertiary/aromatic N) is 1. The van der Waals surface area contributed by atoms with E-state index in [1.807, 2.05) is 12.1 Å². The Labute approximate surface area is 126 Å². The van der Waals surface area contributed by atoms with Crippen LogP contribution in [0.3, 0.4) is 0 Å². The van der Waals surface area contributed by atoms with Gasteiger partial charge in [0.15, 0.2) is 11.5 Å². The van der Waals surface area contributed by atoms with E-state index in [1.165, 1.54) is 0 Å². The molecule has 2 aliphatic rings. The number of halogens is 1. The molecule has 20 heavy (non-hydrogen) atoms. The normalized spacial score (nSPS) is 21.6. The molecule has 1 fully saturated rings. The molecule has 0 amide bonds. The molecule has 3 rings (SSSR count). The number of carbonyl (C=O) groups excluding carboxylic acids is 1. The maximum atomic E-state index is 10.6. The van der Waals surface area contributed by atoms with E-state index in [1.54, 1.807) is 6.08 Å². The minimum atomic E-state index is -0.416. The van der Waals surface area contributed by atoms with Gasteiger partial charge in [-0.15, -0.1) is 0 Å². The zero-order chi connectivity index (χ0) is 14.4. The Hall–Kier alpha value is -1.32. The summed E-state index contributed by atoms with van der Waals surface area (Å²) in [5.74, 6) is 1.46. The molecule has 1 heterocycles. The lowest BCUT2D eigenvalue weighted by Crippen LogP contribution is -2.26. The van der Waals surface area contributed by atoms with Crippen LogP contribution < -0.4 is 9.47 Å². The van der Waals surface area contributed by atoms with Crippen LogP contribution >= 0.6 is 15.9 Å². The van der Waals surface area contributed by atoms with E-state index >= 15 is 0 Å². The predicted molar refractivity (Wildman–Crippen MR) is 77.9 cm³/mol. The molecule has 4 nitrogen and oxygen atoms in total. The molecule has 0 N–H and O–H groups in total. The van der Waals surface area contributed by atoms with Crippen molar-refractivity contribution < 1.29 is 14.3 Å². The maximum Gasteiger partial charge on any atom is 0.235 e. The van der Waals surface area contributed by atoms with Crippen LogP contribution in [0.1, 0.15) is 32.3 Å². The molecule has 1 saturated carbocycles. The lowest BCUT2D eigenvalue weighted by Gasteiger charge is -2.19. The third-order valence-corrected chi connectivity index (χ3v) is 4.41. The number of hydrogen-bond donors (Lipinski definition) is 0. The van der Waals surface area contributed by atoms with Crippen molar-refractivity contribution in [1.82, 2.24) is 0 Å². The molecule has 0 spiro atoms. The first-order valence-electron chi connectivity index (χ1n) is 6.64. The van der Waals surface area contributed by atoms with Gasteiger partial charge in [-0.05, 0) is 30.5 Å². The second-order valence-electron chi connectivity index (χ2n) is 6.26. The van der Waals surface area contributed by atoms with E-state index < -0.39 is 5.54 Å². The molecule has 1 aliphatic heterocycles. The second-order valence-corrected chi connectivity index (χ2v) is 7.11. The minimum absolute atomic E-state index is 0.0239. The van der Waals surface area contributed by atoms with Crippen molar-refractivity contribution >= 4 is 22.0 Å². The Morgan fingerprint density at radius 3 is 2.35 bits per heavy atom. The number of ether oxygens (including phenoxy) is 2. The Balaban J connectivity index is 2.01. The highest BCUT2D eigenvalue weighted by atomic mass is 79.9. The summed E-state index contributed by atoms with van der Waals surface area (Å²) < 4.78 is 12.6. The Kier molecular flexibility index (Phi) is 3.14. The molecule has 106 valence electrons. The summed E-state index contributed by atoms with van der Waals surface area (Å²) in [7, 11) is 0. The van der Waals surface area contributed by atoms with Gasteiger partial charge in [0, 0.05) is 9.89 Å². The Morgan fingerprint density at radius 2 is 1.80 bits per heavy atom. The van der Waals surface area contributed by atoms with Crippen molar-refractivity contribution in [3.05, 3.63) is 22.2 Å². The van der Waals surface area contributed by atoms with Gasteiger partial charge in [-0.3, -0.25) is 0 Å². The van der Waals surface area contributed by atoms with Gasteiger partial charge in [0.2, 0.25) is 6.08 Å². The van der Waals surface area contributed by atoms with Crippen LogP contribution in [0.15, 0.2) is 21.6 Å². The molecule has 0 radical (unpaired) electrons. The van der Waals surface area contributed by atoms with Crippen molar-refractivity contribution in [2.75, 3.05) is 13.2 Å². The summed E-state index contributed by atoms with van der Waals surface area (Å²) in [4.78, 5) is 14.6. The highest BCUT2D eigenvalue weighted by Gasteiger charge is 2.46. The average Bonchev–Trinajstić information content (AvgIpc) is 3.17. The lowest BCUT2D eigenvalue weighted by molar-refractivity contribution is 0.140. The number of hydrogen-bond acceptors (Lipinski definition) is 4. The summed E-state index contributed by atoms with van der Waals surface area (Å²) in [6.07, 6.45) is 3.42. The van der Waals surface area contributed by atoms with Crippen molar-refractivity contribution in [1.29, 1.82) is 0 Å². The Morgan fingerprint density at radius 1 is 1.20 bits per heavy atom. The molecule has 0 bridgehead atoms. The minimum Gasteiger partial charge on any atom is -0.489 e. The predicted octanol–water partition coefficient (Wildman–Crippen LogP) is 3.57. The van der Waals surface area contributed by atoms with Gasteiger partial charge in [-0.2, -0.15) is 4.99 Å². The summed E-state index contributed by atoms with van der Waals surface area (Å²) in [6, 6.07) is 3.85. The van der Waals surface area contributed by atoms with Crippen molar-refractivity contribution in [2.24, 2.45) is 10.4 Å². The van der Waals surface area contributed by atoms with E-state index in [0.717, 1.165) is 34.4 Å². The molecular formula is C15H16BrNO3. The molecule has 0 unspecified atom stereocenters. The number of aliphatic imine (C=N–C) groups is 1. The van der Waals surface area contributed by atoms with E-state index in [-0.39, 0.29) is 5.41 Å². The maximum absolute atomic E-state index is 10.6. The van der Waals surface area contributed by atoms with E-state index in [4.69, 9.17) is 9.47 Å². The quantitative estimate of drug-likeness (QED) is 0.612. The van der Waals surface area contributed by atoms with Crippen LogP contribution in [0.5, 0.6) is 11.5 Å². The van der Waals surface area contributed by atoms with Crippen molar-refractivity contribution in [3.8, 4) is 11.5 Å². The first-order valence-corrected chi connectivity index (χ1v) is 7.44. The molecule has 0 aromatic heterocycles. The standard InChI is InChI=1S/C15H16BrNO3/c1-14(2)7-19-12-5-10(15(3-4-15)17-9-18)11(16)6-13(12)20-8-14/h5-6H,3-4,7-8H2,1-2H3. The highest BCUT2D eigenvalue weighted by Crippen LogP contribution is 2.53. The topological polar surface area (TPSA) is 47.9 Å². The van der Waals surface area contributed by atoms with Crippen LogP contribution in [0.25, 0.3) is 0 Å². The van der Waals surface area contributed by atoms with Gasteiger partial charge in [0.1, 0.15) is 0 Å². The molecule has 1 aromatic rings. The average molecular weight is 338 g/mol. The zero-order valence-corrected chi connectivity index (χ0v) is 13.1. The van der Waals surface area contributed by atoms with E-state index in [9.17, 15) is 4.79 Å². The monoisotopic (exact) mass is 337 g/mol. The van der Waals surface area contributed by atoms with Gasteiger partial charge in [0.05, 0.1) is 18.8 Å². The fraction of sp³-hybridized carbons (Fsp3) is 0.533. The van der Waals surface area contributed by atoms with Crippen LogP contribution in [0.2, 0.25) is 0 Å². The molecule has 5 heteroatoms. The van der Waals surface area contributed by atoms with Crippen molar-refractivity contribution in [3.63, 3.8) is 0 Å². The lowest BCUT2D eigenvalue weighted by atomic mass is 9.97. The highest BCUT2D eigenvalue weighted by molar-refractivity contribution is 9.10. The summed E-state index contributed by atoms with van der Waals surface area (Å²) in [5, 5.41) is 0. The van der Waals surface area contributed by atoms with Crippen LogP contribution in [-0.4, -0.2) is 19.3 Å². The fourth-order valence-electron chi connectivity index (χ4n) is 2.35. The van der Waals surface area contributed by atoms with Crippen LogP contribution in [0, 0.1) is 5.41 Å². The Bertz CT molecular complexity index is 601. The summed E-state index contributed by atoms with van der Waals surface area (Å²) >= 11 is 3.55. The van der Waals surface area contributed by atoms with Gasteiger partial charge < -0.3 is 9.47 Å². The smallest absolute Gasteiger partial charge is 0.235 e. The number of isocyanates is 1. The second kappa shape index (κ2) is 4.61. The third-order valence-electron chi connectivity index (χ3n) is 3.75. The molecular weight excluding hydrogens is 322 g/mol. The number of rotatable bonds is 2. The van der Waals surface area contributed by atoms with Gasteiger partial charge >= 0.3 is 0 Å². The first kappa shape index (κ1) is 13.7. The van der Waals surface area contributed by atoms with Gasteiger partial charge in [0.25, 0.3) is 0 Å². The molecule has 0 saturated heterocycles. The third kappa shape index (κ3) is 2.36.